The Morgan fingerprint density at radius 3 is 2.92 bits per heavy atom. The van der Waals surface area contributed by atoms with Gasteiger partial charge in [-0.25, -0.2) is 0 Å². The van der Waals surface area contributed by atoms with Crippen molar-refractivity contribution < 1.29 is 14.7 Å². The van der Waals surface area contributed by atoms with E-state index in [1.807, 2.05) is 0 Å². The summed E-state index contributed by atoms with van der Waals surface area (Å²) in [5.74, 6) is -0.949. The van der Waals surface area contributed by atoms with Gasteiger partial charge < -0.3 is 15.7 Å². The molecule has 13 heavy (non-hydrogen) atoms. The molecule has 0 spiro atoms. The maximum Gasteiger partial charge on any atom is 0.307 e. The summed E-state index contributed by atoms with van der Waals surface area (Å²) in [5, 5.41) is 14.5. The average molecular weight is 184 g/mol. The molecule has 0 aromatic carbocycles. The van der Waals surface area contributed by atoms with Gasteiger partial charge in [-0.2, -0.15) is 0 Å². The molecule has 2 aliphatic heterocycles. The minimum absolute atomic E-state index is 0.00818. The summed E-state index contributed by atoms with van der Waals surface area (Å²) in [4.78, 5) is 21.8. The number of fused-ring (bicyclic) bond motifs is 1. The van der Waals surface area contributed by atoms with Crippen LogP contribution in [0.5, 0.6) is 0 Å². The molecule has 1 amide bonds. The highest BCUT2D eigenvalue weighted by Crippen LogP contribution is 2.24. The van der Waals surface area contributed by atoms with Crippen molar-refractivity contribution in [1.82, 2.24) is 10.6 Å². The standard InChI is InChI=1S/C8H12N2O3/c11-7-6-4(2-10-7)1-5(3-9-6)8(12)13/h4-6,9H,1-3H2,(H,10,11)(H,12,13)/t4-,5-,6+/m0/s1. The van der Waals surface area contributed by atoms with Gasteiger partial charge in [-0.3, -0.25) is 9.59 Å². The van der Waals surface area contributed by atoms with Crippen LogP contribution in [-0.4, -0.2) is 36.1 Å². The number of carbonyl (C=O) groups excluding carboxylic acids is 1. The van der Waals surface area contributed by atoms with Crippen LogP contribution in [0.3, 0.4) is 0 Å². The molecule has 0 unspecified atom stereocenters. The van der Waals surface area contributed by atoms with Gasteiger partial charge in [0.25, 0.3) is 0 Å². The summed E-state index contributed by atoms with van der Waals surface area (Å²) in [6.07, 6.45) is 0.603. The Hall–Kier alpha value is -1.10. The Bertz CT molecular complexity index is 254. The van der Waals surface area contributed by atoms with E-state index in [1.54, 1.807) is 0 Å². The SMILES string of the molecule is O=C(O)[C@@H]1CN[C@H]2C(=O)NC[C@@H]2C1. The van der Waals surface area contributed by atoms with E-state index < -0.39 is 5.97 Å². The van der Waals surface area contributed by atoms with E-state index >= 15 is 0 Å². The number of carbonyl (C=O) groups is 2. The molecule has 0 aliphatic carbocycles. The second-order valence-electron chi connectivity index (χ2n) is 3.66. The van der Waals surface area contributed by atoms with Gasteiger partial charge in [-0.15, -0.1) is 0 Å². The molecule has 2 aliphatic rings. The molecule has 5 heteroatoms. The largest absolute Gasteiger partial charge is 0.481 e. The minimum Gasteiger partial charge on any atom is -0.481 e. The van der Waals surface area contributed by atoms with Crippen LogP contribution >= 0.6 is 0 Å². The fraction of sp³-hybridized carbons (Fsp3) is 0.750. The molecule has 2 saturated heterocycles. The summed E-state index contributed by atoms with van der Waals surface area (Å²) < 4.78 is 0. The number of carboxylic acid groups (broad SMARTS) is 1. The van der Waals surface area contributed by atoms with E-state index in [4.69, 9.17) is 5.11 Å². The molecule has 2 fully saturated rings. The third-order valence-corrected chi connectivity index (χ3v) is 2.81. The predicted octanol–water partition coefficient (Wildman–Crippen LogP) is -1.20. The molecule has 0 aromatic heterocycles. The molecule has 72 valence electrons. The minimum atomic E-state index is -0.773. The molecule has 0 radical (unpaired) electrons. The first-order valence-corrected chi connectivity index (χ1v) is 4.42. The van der Waals surface area contributed by atoms with Crippen LogP contribution in [0.15, 0.2) is 0 Å². The lowest BCUT2D eigenvalue weighted by atomic mass is 9.86. The molecule has 3 N–H and O–H groups in total. The van der Waals surface area contributed by atoms with Crippen molar-refractivity contribution in [2.75, 3.05) is 13.1 Å². The molecular weight excluding hydrogens is 172 g/mol. The second kappa shape index (κ2) is 2.99. The number of carboxylic acids is 1. The number of piperidine rings is 1. The normalized spacial score (nSPS) is 38.2. The lowest BCUT2D eigenvalue weighted by Gasteiger charge is -2.28. The summed E-state index contributed by atoms with van der Waals surface area (Å²) in [7, 11) is 0. The zero-order chi connectivity index (χ0) is 9.42. The van der Waals surface area contributed by atoms with Gasteiger partial charge >= 0.3 is 5.97 Å². The van der Waals surface area contributed by atoms with Crippen LogP contribution in [-0.2, 0) is 9.59 Å². The second-order valence-corrected chi connectivity index (χ2v) is 3.66. The zero-order valence-electron chi connectivity index (χ0n) is 7.12. The molecule has 3 atom stereocenters. The van der Waals surface area contributed by atoms with E-state index in [0.29, 0.717) is 19.5 Å². The average Bonchev–Trinajstić information content (AvgIpc) is 2.47. The number of hydrogen-bond acceptors (Lipinski definition) is 3. The van der Waals surface area contributed by atoms with Crippen LogP contribution < -0.4 is 10.6 Å². The highest BCUT2D eigenvalue weighted by atomic mass is 16.4. The van der Waals surface area contributed by atoms with Crippen LogP contribution in [0, 0.1) is 11.8 Å². The Morgan fingerprint density at radius 1 is 1.46 bits per heavy atom. The molecule has 0 saturated carbocycles. The first kappa shape index (κ1) is 8.50. The molecule has 0 aromatic rings. The maximum absolute atomic E-state index is 11.2. The van der Waals surface area contributed by atoms with E-state index in [9.17, 15) is 9.59 Å². The quantitative estimate of drug-likeness (QED) is 0.478. The van der Waals surface area contributed by atoms with Crippen LogP contribution in [0.4, 0.5) is 0 Å². The van der Waals surface area contributed by atoms with Gasteiger partial charge in [0, 0.05) is 19.0 Å². The van der Waals surface area contributed by atoms with Crippen molar-refractivity contribution in [3.05, 3.63) is 0 Å². The fourth-order valence-electron chi connectivity index (χ4n) is 2.06. The molecule has 2 heterocycles. The highest BCUT2D eigenvalue weighted by molar-refractivity contribution is 5.85. The Balaban J connectivity index is 2.03. The first-order chi connectivity index (χ1) is 6.18. The van der Waals surface area contributed by atoms with Crippen molar-refractivity contribution in [2.24, 2.45) is 11.8 Å². The van der Waals surface area contributed by atoms with Crippen molar-refractivity contribution in [3.8, 4) is 0 Å². The zero-order valence-corrected chi connectivity index (χ0v) is 7.12. The monoisotopic (exact) mass is 184 g/mol. The van der Waals surface area contributed by atoms with Gasteiger partial charge in [-0.05, 0) is 6.42 Å². The molecule has 2 rings (SSSR count). The number of aliphatic carboxylic acids is 1. The number of hydrogen-bond donors (Lipinski definition) is 3. The third kappa shape index (κ3) is 1.39. The molecular formula is C8H12N2O3. The Kier molecular flexibility index (Phi) is 1.95. The smallest absolute Gasteiger partial charge is 0.307 e. The number of nitrogens with one attached hydrogen (secondary N) is 2. The summed E-state index contributed by atoms with van der Waals surface area (Å²) in [5.41, 5.74) is 0. The van der Waals surface area contributed by atoms with Crippen LogP contribution in [0.2, 0.25) is 0 Å². The topological polar surface area (TPSA) is 78.4 Å². The lowest BCUT2D eigenvalue weighted by molar-refractivity contribution is -0.143. The summed E-state index contributed by atoms with van der Waals surface area (Å²) in [6.45, 7) is 1.02. The predicted molar refractivity (Wildman–Crippen MR) is 44.0 cm³/mol. The van der Waals surface area contributed by atoms with Gasteiger partial charge in [-0.1, -0.05) is 0 Å². The van der Waals surface area contributed by atoms with Crippen molar-refractivity contribution >= 4 is 11.9 Å². The van der Waals surface area contributed by atoms with E-state index in [1.165, 1.54) is 0 Å². The lowest BCUT2D eigenvalue weighted by Crippen LogP contribution is -2.48. The van der Waals surface area contributed by atoms with E-state index in [2.05, 4.69) is 10.6 Å². The summed E-state index contributed by atoms with van der Waals surface area (Å²) in [6, 6.07) is -0.157. The van der Waals surface area contributed by atoms with E-state index in [0.717, 1.165) is 0 Å². The molecule has 5 nitrogen and oxygen atoms in total. The first-order valence-electron chi connectivity index (χ1n) is 4.42. The fourth-order valence-corrected chi connectivity index (χ4v) is 2.06. The van der Waals surface area contributed by atoms with Gasteiger partial charge in [0.1, 0.15) is 0 Å². The van der Waals surface area contributed by atoms with Gasteiger partial charge in [0.15, 0.2) is 0 Å². The van der Waals surface area contributed by atoms with Gasteiger partial charge in [0.2, 0.25) is 5.91 Å². The maximum atomic E-state index is 11.2. The molecule has 0 bridgehead atoms. The van der Waals surface area contributed by atoms with Crippen molar-refractivity contribution in [3.63, 3.8) is 0 Å². The van der Waals surface area contributed by atoms with E-state index in [-0.39, 0.29) is 23.8 Å². The summed E-state index contributed by atoms with van der Waals surface area (Å²) >= 11 is 0. The number of rotatable bonds is 1. The Labute approximate surface area is 75.5 Å². The van der Waals surface area contributed by atoms with Gasteiger partial charge in [0.05, 0.1) is 12.0 Å². The van der Waals surface area contributed by atoms with Crippen molar-refractivity contribution in [2.45, 2.75) is 12.5 Å². The Morgan fingerprint density at radius 2 is 2.23 bits per heavy atom. The van der Waals surface area contributed by atoms with Crippen LogP contribution in [0.25, 0.3) is 0 Å². The third-order valence-electron chi connectivity index (χ3n) is 2.81. The highest BCUT2D eigenvalue weighted by Gasteiger charge is 2.41. The van der Waals surface area contributed by atoms with Crippen LogP contribution in [0.1, 0.15) is 6.42 Å². The van der Waals surface area contributed by atoms with Crippen molar-refractivity contribution in [1.29, 1.82) is 0 Å². The number of amides is 1.